The van der Waals surface area contributed by atoms with E-state index in [0.717, 1.165) is 18.3 Å². The molecule has 0 bridgehead atoms. The van der Waals surface area contributed by atoms with Crippen LogP contribution in [0.2, 0.25) is 0 Å². The minimum atomic E-state index is 0.329. The molecule has 0 radical (unpaired) electrons. The molecule has 2 rings (SSSR count). The fourth-order valence-electron chi connectivity index (χ4n) is 3.27. The van der Waals surface area contributed by atoms with Crippen LogP contribution >= 0.6 is 0 Å². The molecule has 0 aliphatic heterocycles. The zero-order valence-corrected chi connectivity index (χ0v) is 11.5. The first kappa shape index (κ1) is 13.5. The van der Waals surface area contributed by atoms with Crippen molar-refractivity contribution in [2.24, 2.45) is 17.6 Å². The van der Waals surface area contributed by atoms with E-state index in [1.54, 1.807) is 0 Å². The average molecular weight is 246 g/mol. The molecule has 2 heteroatoms. The molecule has 1 aromatic heterocycles. The second kappa shape index (κ2) is 6.89. The second-order valence-electron chi connectivity index (χ2n) is 5.79. The summed E-state index contributed by atoms with van der Waals surface area (Å²) in [6.07, 6.45) is 12.9. The molecule has 2 N–H and O–H groups in total. The number of hydrogen-bond donors (Lipinski definition) is 1. The van der Waals surface area contributed by atoms with E-state index >= 15 is 0 Å². The van der Waals surface area contributed by atoms with E-state index in [1.165, 1.54) is 44.1 Å². The minimum Gasteiger partial charge on any atom is -0.327 e. The number of nitrogens with zero attached hydrogens (tertiary/aromatic N) is 1. The first-order valence-electron chi connectivity index (χ1n) is 7.44. The van der Waals surface area contributed by atoms with Crippen molar-refractivity contribution in [1.29, 1.82) is 0 Å². The fraction of sp³-hybridized carbons (Fsp3) is 0.688. The third kappa shape index (κ3) is 3.81. The van der Waals surface area contributed by atoms with Crippen LogP contribution < -0.4 is 5.73 Å². The topological polar surface area (TPSA) is 38.9 Å². The Labute approximate surface area is 111 Å². The zero-order chi connectivity index (χ0) is 12.8. The predicted molar refractivity (Wildman–Crippen MR) is 76.3 cm³/mol. The van der Waals surface area contributed by atoms with Crippen molar-refractivity contribution < 1.29 is 0 Å². The van der Waals surface area contributed by atoms with E-state index in [4.69, 9.17) is 5.73 Å². The van der Waals surface area contributed by atoms with Crippen LogP contribution in [0.5, 0.6) is 0 Å². The summed E-state index contributed by atoms with van der Waals surface area (Å²) in [5.41, 5.74) is 7.71. The Morgan fingerprint density at radius 1 is 1.22 bits per heavy atom. The Balaban J connectivity index is 1.79. The number of nitrogens with two attached hydrogens (primary N) is 1. The molecule has 0 amide bonds. The van der Waals surface area contributed by atoms with Gasteiger partial charge in [-0.3, -0.25) is 4.98 Å². The molecule has 0 aromatic carbocycles. The van der Waals surface area contributed by atoms with Crippen molar-refractivity contribution in [2.75, 3.05) is 0 Å². The second-order valence-corrected chi connectivity index (χ2v) is 5.79. The summed E-state index contributed by atoms with van der Waals surface area (Å²) in [6.45, 7) is 2.29. The van der Waals surface area contributed by atoms with Crippen LogP contribution in [0.1, 0.15) is 51.0 Å². The van der Waals surface area contributed by atoms with E-state index in [1.807, 2.05) is 12.4 Å². The van der Waals surface area contributed by atoms with Crippen molar-refractivity contribution in [3.63, 3.8) is 0 Å². The van der Waals surface area contributed by atoms with E-state index in [2.05, 4.69) is 24.0 Å². The van der Waals surface area contributed by atoms with Gasteiger partial charge in [-0.25, -0.2) is 0 Å². The van der Waals surface area contributed by atoms with Gasteiger partial charge in [-0.2, -0.15) is 0 Å². The number of hydrogen-bond acceptors (Lipinski definition) is 2. The van der Waals surface area contributed by atoms with Gasteiger partial charge in [0.2, 0.25) is 0 Å². The van der Waals surface area contributed by atoms with Gasteiger partial charge >= 0.3 is 0 Å². The highest BCUT2D eigenvalue weighted by atomic mass is 14.7. The molecule has 1 aromatic rings. The maximum absolute atomic E-state index is 6.38. The van der Waals surface area contributed by atoms with Crippen molar-refractivity contribution >= 4 is 0 Å². The molecule has 1 unspecified atom stereocenters. The van der Waals surface area contributed by atoms with Gasteiger partial charge in [0.1, 0.15) is 0 Å². The largest absolute Gasteiger partial charge is 0.327 e. The average Bonchev–Trinajstić information content (AvgIpc) is 2.41. The molecule has 1 saturated carbocycles. The Hall–Kier alpha value is -0.890. The van der Waals surface area contributed by atoms with Gasteiger partial charge in [0.05, 0.1) is 0 Å². The molecule has 100 valence electrons. The molecular weight excluding hydrogens is 220 g/mol. The molecule has 1 atom stereocenters. The molecule has 0 saturated heterocycles. The van der Waals surface area contributed by atoms with Crippen molar-refractivity contribution in [3.8, 4) is 0 Å². The standard InChI is InChI=1S/C16H26N2/c1-2-3-13-4-6-15(7-5-13)16(17)12-14-8-10-18-11-9-14/h8-11,13,15-16H,2-7,12,17H2,1H3. The molecular formula is C16H26N2. The van der Waals surface area contributed by atoms with Gasteiger partial charge in [0.15, 0.2) is 0 Å². The maximum Gasteiger partial charge on any atom is 0.0270 e. The highest BCUT2D eigenvalue weighted by Crippen LogP contribution is 2.33. The van der Waals surface area contributed by atoms with Crippen molar-refractivity contribution in [2.45, 2.75) is 57.9 Å². The van der Waals surface area contributed by atoms with Crippen LogP contribution in [-0.2, 0) is 6.42 Å². The Kier molecular flexibility index (Phi) is 5.18. The molecule has 1 fully saturated rings. The predicted octanol–water partition coefficient (Wildman–Crippen LogP) is 3.56. The Morgan fingerprint density at radius 3 is 2.50 bits per heavy atom. The monoisotopic (exact) mass is 246 g/mol. The van der Waals surface area contributed by atoms with Crippen LogP contribution in [0.4, 0.5) is 0 Å². The van der Waals surface area contributed by atoms with E-state index in [-0.39, 0.29) is 0 Å². The third-order valence-electron chi connectivity index (χ3n) is 4.41. The molecule has 1 heterocycles. The normalized spacial score (nSPS) is 25.9. The minimum absolute atomic E-state index is 0.329. The summed E-state index contributed by atoms with van der Waals surface area (Å²) in [5.74, 6) is 1.70. The van der Waals surface area contributed by atoms with Crippen LogP contribution in [0.25, 0.3) is 0 Å². The highest BCUT2D eigenvalue weighted by Gasteiger charge is 2.25. The lowest BCUT2D eigenvalue weighted by atomic mass is 9.76. The lowest BCUT2D eigenvalue weighted by molar-refractivity contribution is 0.232. The van der Waals surface area contributed by atoms with Gasteiger partial charge < -0.3 is 5.73 Å². The lowest BCUT2D eigenvalue weighted by Gasteiger charge is -2.32. The molecule has 1 aliphatic rings. The SMILES string of the molecule is CCCC1CCC(C(N)Cc2ccncc2)CC1. The molecule has 1 aliphatic carbocycles. The maximum atomic E-state index is 6.38. The summed E-state index contributed by atoms with van der Waals surface area (Å²) in [7, 11) is 0. The third-order valence-corrected chi connectivity index (χ3v) is 4.41. The van der Waals surface area contributed by atoms with Gasteiger partial charge in [-0.15, -0.1) is 0 Å². The summed E-state index contributed by atoms with van der Waals surface area (Å²) in [4.78, 5) is 4.05. The summed E-state index contributed by atoms with van der Waals surface area (Å²) in [6, 6.07) is 4.50. The summed E-state index contributed by atoms with van der Waals surface area (Å²) in [5, 5.41) is 0. The van der Waals surface area contributed by atoms with E-state index in [9.17, 15) is 0 Å². The summed E-state index contributed by atoms with van der Waals surface area (Å²) < 4.78 is 0. The Bertz CT molecular complexity index is 328. The van der Waals surface area contributed by atoms with Gasteiger partial charge in [-0.1, -0.05) is 32.6 Å². The zero-order valence-electron chi connectivity index (χ0n) is 11.5. The van der Waals surface area contributed by atoms with Gasteiger partial charge in [0.25, 0.3) is 0 Å². The lowest BCUT2D eigenvalue weighted by Crippen LogP contribution is -2.34. The van der Waals surface area contributed by atoms with Crippen LogP contribution in [0.3, 0.4) is 0 Å². The van der Waals surface area contributed by atoms with Gasteiger partial charge in [-0.05, 0) is 48.8 Å². The quantitative estimate of drug-likeness (QED) is 0.862. The first-order valence-corrected chi connectivity index (χ1v) is 7.44. The fourth-order valence-corrected chi connectivity index (χ4v) is 3.27. The number of rotatable bonds is 5. The Morgan fingerprint density at radius 2 is 1.89 bits per heavy atom. The highest BCUT2D eigenvalue weighted by molar-refractivity contribution is 5.11. The smallest absolute Gasteiger partial charge is 0.0270 e. The summed E-state index contributed by atoms with van der Waals surface area (Å²) >= 11 is 0. The van der Waals surface area contributed by atoms with Crippen molar-refractivity contribution in [1.82, 2.24) is 4.98 Å². The number of aromatic nitrogens is 1. The molecule has 0 spiro atoms. The van der Waals surface area contributed by atoms with Crippen LogP contribution in [-0.4, -0.2) is 11.0 Å². The first-order chi connectivity index (χ1) is 8.79. The molecule has 18 heavy (non-hydrogen) atoms. The molecule has 2 nitrogen and oxygen atoms in total. The van der Waals surface area contributed by atoms with E-state index < -0.39 is 0 Å². The van der Waals surface area contributed by atoms with Crippen molar-refractivity contribution in [3.05, 3.63) is 30.1 Å². The van der Waals surface area contributed by atoms with Crippen LogP contribution in [0, 0.1) is 11.8 Å². The number of pyridine rings is 1. The van der Waals surface area contributed by atoms with Crippen LogP contribution in [0.15, 0.2) is 24.5 Å². The van der Waals surface area contributed by atoms with Gasteiger partial charge in [0, 0.05) is 18.4 Å². The van der Waals surface area contributed by atoms with E-state index in [0.29, 0.717) is 6.04 Å².